The molecule has 90 valence electrons. The zero-order valence-corrected chi connectivity index (χ0v) is 11.6. The van der Waals surface area contributed by atoms with Gasteiger partial charge in [-0.15, -0.1) is 22.7 Å². The molecule has 0 amide bonds. The Morgan fingerprint density at radius 2 is 2.11 bits per heavy atom. The molecule has 3 aromatic rings. The number of benzene rings is 1. The summed E-state index contributed by atoms with van der Waals surface area (Å²) in [5, 5.41) is 3.20. The highest BCUT2D eigenvalue weighted by molar-refractivity contribution is 7.18. The van der Waals surface area contributed by atoms with Gasteiger partial charge in [0, 0.05) is 0 Å². The van der Waals surface area contributed by atoms with Crippen molar-refractivity contribution in [3.8, 4) is 0 Å². The van der Waals surface area contributed by atoms with Crippen molar-refractivity contribution in [2.45, 2.75) is 6.42 Å². The first-order chi connectivity index (χ1) is 8.74. The van der Waals surface area contributed by atoms with E-state index >= 15 is 0 Å². The molecule has 2 heterocycles. The number of Topliss-reactive ketones (excluding diaryl/α,β-unsaturated/α-hetero) is 1. The largest absolute Gasteiger partial charge is 0.293 e. The third-order valence-electron chi connectivity index (χ3n) is 2.52. The summed E-state index contributed by atoms with van der Waals surface area (Å²) in [6.45, 7) is 0. The zero-order chi connectivity index (χ0) is 12.5. The molecular weight excluding hydrogens is 286 g/mol. The van der Waals surface area contributed by atoms with Crippen LogP contribution in [0.4, 0.5) is 0 Å². The van der Waals surface area contributed by atoms with Gasteiger partial charge in [0.05, 0.1) is 26.5 Å². The molecule has 2 aromatic heterocycles. The molecular formula is C13H8ClNOS2. The standard InChI is InChI=1S/C13H8ClNOS2/c14-8-5-6-17-13(8)10(16)7-12-15-9-3-1-2-4-11(9)18-12/h1-6H,7H2. The highest BCUT2D eigenvalue weighted by Gasteiger charge is 2.14. The summed E-state index contributed by atoms with van der Waals surface area (Å²) in [5.41, 5.74) is 0.947. The molecule has 0 aliphatic heterocycles. The van der Waals surface area contributed by atoms with Crippen LogP contribution in [0.15, 0.2) is 35.7 Å². The number of thiophene rings is 1. The molecule has 0 saturated heterocycles. The molecule has 0 spiro atoms. The molecule has 0 unspecified atom stereocenters. The third kappa shape index (κ3) is 2.19. The first kappa shape index (κ1) is 11.8. The van der Waals surface area contributed by atoms with Crippen LogP contribution in [0.1, 0.15) is 14.7 Å². The van der Waals surface area contributed by atoms with Gasteiger partial charge in [-0.05, 0) is 23.6 Å². The van der Waals surface area contributed by atoms with Gasteiger partial charge in [0.2, 0.25) is 0 Å². The van der Waals surface area contributed by atoms with E-state index in [0.29, 0.717) is 16.3 Å². The fourth-order valence-electron chi connectivity index (χ4n) is 1.71. The molecule has 3 rings (SSSR count). The van der Waals surface area contributed by atoms with Crippen LogP contribution in [0.5, 0.6) is 0 Å². The third-order valence-corrected chi connectivity index (χ3v) is 4.94. The molecule has 0 saturated carbocycles. The number of halogens is 1. The van der Waals surface area contributed by atoms with Crippen molar-refractivity contribution in [2.24, 2.45) is 0 Å². The maximum Gasteiger partial charge on any atom is 0.181 e. The minimum Gasteiger partial charge on any atom is -0.293 e. The zero-order valence-electron chi connectivity index (χ0n) is 9.22. The lowest BCUT2D eigenvalue weighted by molar-refractivity contribution is 0.0997. The van der Waals surface area contributed by atoms with Crippen molar-refractivity contribution in [1.29, 1.82) is 0 Å². The van der Waals surface area contributed by atoms with Crippen LogP contribution in [0, 0.1) is 0 Å². The van der Waals surface area contributed by atoms with Crippen molar-refractivity contribution in [2.75, 3.05) is 0 Å². The molecule has 0 aliphatic rings. The van der Waals surface area contributed by atoms with E-state index in [9.17, 15) is 4.79 Å². The lowest BCUT2D eigenvalue weighted by Gasteiger charge is -1.94. The number of carbonyl (C=O) groups is 1. The summed E-state index contributed by atoms with van der Waals surface area (Å²) in [6, 6.07) is 9.64. The van der Waals surface area contributed by atoms with Gasteiger partial charge < -0.3 is 0 Å². The number of carbonyl (C=O) groups excluding carboxylic acids is 1. The Balaban J connectivity index is 1.88. The van der Waals surface area contributed by atoms with E-state index in [2.05, 4.69) is 4.98 Å². The molecule has 1 aromatic carbocycles. The summed E-state index contributed by atoms with van der Waals surface area (Å²) < 4.78 is 1.11. The first-order valence-electron chi connectivity index (χ1n) is 5.34. The number of aromatic nitrogens is 1. The fraction of sp³-hybridized carbons (Fsp3) is 0.0769. The number of nitrogens with zero attached hydrogens (tertiary/aromatic N) is 1. The number of hydrogen-bond donors (Lipinski definition) is 0. The van der Waals surface area contributed by atoms with Crippen molar-refractivity contribution < 1.29 is 4.79 Å². The molecule has 2 nitrogen and oxygen atoms in total. The molecule has 0 fully saturated rings. The average molecular weight is 294 g/mol. The van der Waals surface area contributed by atoms with Crippen molar-refractivity contribution >= 4 is 50.3 Å². The second-order valence-electron chi connectivity index (χ2n) is 3.77. The first-order valence-corrected chi connectivity index (χ1v) is 7.42. The number of thiazole rings is 1. The molecule has 0 N–H and O–H groups in total. The Kier molecular flexibility index (Phi) is 3.16. The molecule has 0 atom stereocenters. The maximum atomic E-state index is 12.1. The fourth-order valence-corrected chi connectivity index (χ4v) is 3.77. The smallest absolute Gasteiger partial charge is 0.181 e. The van der Waals surface area contributed by atoms with Crippen LogP contribution in [0.25, 0.3) is 10.2 Å². The highest BCUT2D eigenvalue weighted by atomic mass is 35.5. The summed E-state index contributed by atoms with van der Waals surface area (Å²) in [5.74, 6) is 0.0362. The predicted molar refractivity (Wildman–Crippen MR) is 77.0 cm³/mol. The van der Waals surface area contributed by atoms with Crippen molar-refractivity contribution in [3.05, 3.63) is 50.6 Å². The quantitative estimate of drug-likeness (QED) is 0.668. The monoisotopic (exact) mass is 293 g/mol. The number of ketones is 1. The molecule has 18 heavy (non-hydrogen) atoms. The lowest BCUT2D eigenvalue weighted by atomic mass is 10.2. The molecule has 5 heteroatoms. The molecule has 0 radical (unpaired) electrons. The van der Waals surface area contributed by atoms with Crippen molar-refractivity contribution in [1.82, 2.24) is 4.98 Å². The Bertz CT molecular complexity index is 683. The van der Waals surface area contributed by atoms with Gasteiger partial charge in [0.15, 0.2) is 5.78 Å². The predicted octanol–water partition coefficient (Wildman–Crippen LogP) is 4.44. The minimum absolute atomic E-state index is 0.0362. The Morgan fingerprint density at radius 1 is 1.28 bits per heavy atom. The van der Waals surface area contributed by atoms with Crippen LogP contribution in [-0.2, 0) is 6.42 Å². The topological polar surface area (TPSA) is 30.0 Å². The van der Waals surface area contributed by atoms with E-state index in [4.69, 9.17) is 11.6 Å². The van der Waals surface area contributed by atoms with Gasteiger partial charge in [0.25, 0.3) is 0 Å². The molecule has 0 aliphatic carbocycles. The van der Waals surface area contributed by atoms with Gasteiger partial charge in [-0.2, -0.15) is 0 Å². The second kappa shape index (κ2) is 4.80. The number of hydrogen-bond acceptors (Lipinski definition) is 4. The van der Waals surface area contributed by atoms with E-state index in [1.165, 1.54) is 11.3 Å². The van der Waals surface area contributed by atoms with Gasteiger partial charge >= 0.3 is 0 Å². The van der Waals surface area contributed by atoms with Crippen LogP contribution in [-0.4, -0.2) is 10.8 Å². The van der Waals surface area contributed by atoms with E-state index < -0.39 is 0 Å². The second-order valence-corrected chi connectivity index (χ2v) is 6.21. The Morgan fingerprint density at radius 3 is 2.83 bits per heavy atom. The van der Waals surface area contributed by atoms with Crippen LogP contribution in [0.3, 0.4) is 0 Å². The minimum atomic E-state index is 0.0362. The maximum absolute atomic E-state index is 12.1. The normalized spacial score (nSPS) is 10.9. The van der Waals surface area contributed by atoms with Crippen molar-refractivity contribution in [3.63, 3.8) is 0 Å². The number of rotatable bonds is 3. The number of para-hydroxylation sites is 1. The summed E-state index contributed by atoms with van der Waals surface area (Å²) >= 11 is 8.89. The SMILES string of the molecule is O=C(Cc1nc2ccccc2s1)c1sccc1Cl. The van der Waals surface area contributed by atoms with Crippen LogP contribution >= 0.6 is 34.3 Å². The van der Waals surface area contributed by atoms with Crippen LogP contribution < -0.4 is 0 Å². The van der Waals surface area contributed by atoms with E-state index in [1.54, 1.807) is 17.4 Å². The van der Waals surface area contributed by atoms with Gasteiger partial charge in [-0.25, -0.2) is 4.98 Å². The summed E-state index contributed by atoms with van der Waals surface area (Å²) in [4.78, 5) is 17.1. The van der Waals surface area contributed by atoms with Gasteiger partial charge in [0.1, 0.15) is 5.01 Å². The van der Waals surface area contributed by atoms with E-state index in [1.807, 2.05) is 29.6 Å². The molecule has 0 bridgehead atoms. The van der Waals surface area contributed by atoms with E-state index in [-0.39, 0.29) is 5.78 Å². The average Bonchev–Trinajstić information content (AvgIpc) is 2.94. The Labute approximate surface area is 117 Å². The Hall–Kier alpha value is -1.23. The van der Waals surface area contributed by atoms with E-state index in [0.717, 1.165) is 15.2 Å². The summed E-state index contributed by atoms with van der Waals surface area (Å²) in [7, 11) is 0. The van der Waals surface area contributed by atoms with Gasteiger partial charge in [-0.3, -0.25) is 4.79 Å². The van der Waals surface area contributed by atoms with Crippen LogP contribution in [0.2, 0.25) is 5.02 Å². The lowest BCUT2D eigenvalue weighted by Crippen LogP contribution is -2.01. The number of fused-ring (bicyclic) bond motifs is 1. The summed E-state index contributed by atoms with van der Waals surface area (Å²) in [6.07, 6.45) is 0.319. The van der Waals surface area contributed by atoms with Gasteiger partial charge in [-0.1, -0.05) is 23.7 Å². The highest BCUT2D eigenvalue weighted by Crippen LogP contribution is 2.26.